The Morgan fingerprint density at radius 1 is 0.857 bits per heavy atom. The zero-order chi connectivity index (χ0) is 19.4. The molecular weight excluding hydrogens is 455 g/mol. The highest BCUT2D eigenvalue weighted by Gasteiger charge is 2.42. The summed E-state index contributed by atoms with van der Waals surface area (Å²) < 4.78 is 2.32. The fourth-order valence-electron chi connectivity index (χ4n) is 4.83. The van der Waals surface area contributed by atoms with Crippen molar-refractivity contribution in [2.45, 2.75) is 38.5 Å². The summed E-state index contributed by atoms with van der Waals surface area (Å²) in [5.41, 5.74) is 8.09. The number of rotatable bonds is 2. The number of halogens is 1. The summed E-state index contributed by atoms with van der Waals surface area (Å²) >= 11 is 0. The van der Waals surface area contributed by atoms with Gasteiger partial charge in [-0.05, 0) is 31.6 Å². The van der Waals surface area contributed by atoms with E-state index in [1.807, 2.05) is 0 Å². The molecule has 2 aliphatic heterocycles. The van der Waals surface area contributed by atoms with Gasteiger partial charge < -0.3 is 28.9 Å². The van der Waals surface area contributed by atoms with Gasteiger partial charge in [0.05, 0.1) is 5.41 Å². The van der Waals surface area contributed by atoms with E-state index < -0.39 is 0 Å². The van der Waals surface area contributed by atoms with Gasteiger partial charge in [-0.15, -0.1) is 0 Å². The number of anilines is 1. The van der Waals surface area contributed by atoms with Gasteiger partial charge in [-0.2, -0.15) is 4.58 Å². The maximum Gasteiger partial charge on any atom is 0.209 e. The predicted octanol–water partition coefficient (Wildman–Crippen LogP) is 2.56. The Labute approximate surface area is 186 Å². The second-order valence-electron chi connectivity index (χ2n) is 8.70. The van der Waals surface area contributed by atoms with E-state index in [-0.39, 0.29) is 34.8 Å². The summed E-state index contributed by atoms with van der Waals surface area (Å²) in [6, 6.07) is 17.4. The van der Waals surface area contributed by atoms with Crippen LogP contribution in [0.25, 0.3) is 0 Å². The molecule has 0 spiro atoms. The zero-order valence-electron chi connectivity index (χ0n) is 17.6. The first-order chi connectivity index (χ1) is 12.8. The largest absolute Gasteiger partial charge is 1.00 e. The molecule has 28 heavy (non-hydrogen) atoms. The molecule has 2 aromatic carbocycles. The summed E-state index contributed by atoms with van der Waals surface area (Å²) in [6.07, 6.45) is 6.78. The summed E-state index contributed by atoms with van der Waals surface area (Å²) in [4.78, 5) is 2.32. The SMILES string of the molecule is CN1/C(=C\C=C\C2=[N+](C)c3ccccc3C2(C)C)C(C)(C)c2ccccc21.[I-]. The lowest BCUT2D eigenvalue weighted by Crippen LogP contribution is -3.00. The molecule has 0 fully saturated rings. The third-order valence-corrected chi connectivity index (χ3v) is 6.39. The van der Waals surface area contributed by atoms with E-state index in [1.165, 1.54) is 33.9 Å². The second-order valence-corrected chi connectivity index (χ2v) is 8.70. The molecule has 0 saturated heterocycles. The Morgan fingerprint density at radius 2 is 1.46 bits per heavy atom. The van der Waals surface area contributed by atoms with Crippen molar-refractivity contribution in [1.82, 2.24) is 0 Å². The molecular formula is C25H29IN2. The fraction of sp³-hybridized carbons (Fsp3) is 0.320. The van der Waals surface area contributed by atoms with Gasteiger partial charge in [0.2, 0.25) is 5.69 Å². The first-order valence-corrected chi connectivity index (χ1v) is 9.69. The summed E-state index contributed by atoms with van der Waals surface area (Å²) in [5.74, 6) is 0. The minimum atomic E-state index is 0. The smallest absolute Gasteiger partial charge is 0.209 e. The molecule has 0 amide bonds. The first-order valence-electron chi connectivity index (χ1n) is 9.69. The summed E-state index contributed by atoms with van der Waals surface area (Å²) in [7, 11) is 4.34. The maximum absolute atomic E-state index is 2.32. The topological polar surface area (TPSA) is 6.25 Å². The van der Waals surface area contributed by atoms with Crippen LogP contribution in [0, 0.1) is 0 Å². The van der Waals surface area contributed by atoms with Crippen LogP contribution in [0.5, 0.6) is 0 Å². The van der Waals surface area contributed by atoms with Crippen molar-refractivity contribution < 1.29 is 28.6 Å². The lowest BCUT2D eigenvalue weighted by molar-refractivity contribution is -0.401. The molecule has 0 bridgehead atoms. The van der Waals surface area contributed by atoms with Crippen LogP contribution in [-0.4, -0.2) is 24.4 Å². The predicted molar refractivity (Wildman–Crippen MR) is 115 cm³/mol. The Kier molecular flexibility index (Phi) is 5.34. The lowest BCUT2D eigenvalue weighted by atomic mass is 9.81. The number of para-hydroxylation sites is 2. The molecule has 2 nitrogen and oxygen atoms in total. The Bertz CT molecular complexity index is 1010. The normalized spacial score (nSPS) is 20.5. The zero-order valence-corrected chi connectivity index (χ0v) is 19.8. The van der Waals surface area contributed by atoms with Gasteiger partial charge in [0.25, 0.3) is 0 Å². The Balaban J connectivity index is 0.00000225. The summed E-state index contributed by atoms with van der Waals surface area (Å²) in [5, 5.41) is 0. The molecule has 4 rings (SSSR count). The van der Waals surface area contributed by atoms with E-state index >= 15 is 0 Å². The molecule has 0 aromatic heterocycles. The average molecular weight is 484 g/mol. The average Bonchev–Trinajstić information content (AvgIpc) is 2.96. The molecule has 0 aliphatic carbocycles. The van der Waals surface area contributed by atoms with Crippen molar-refractivity contribution in [2.75, 3.05) is 19.0 Å². The third-order valence-electron chi connectivity index (χ3n) is 6.39. The van der Waals surface area contributed by atoms with Crippen molar-refractivity contribution in [3.05, 3.63) is 83.6 Å². The van der Waals surface area contributed by atoms with Crippen molar-refractivity contribution in [3.8, 4) is 0 Å². The van der Waals surface area contributed by atoms with Crippen molar-refractivity contribution in [1.29, 1.82) is 0 Å². The van der Waals surface area contributed by atoms with Gasteiger partial charge in [0.1, 0.15) is 7.05 Å². The van der Waals surface area contributed by atoms with Crippen LogP contribution < -0.4 is 28.9 Å². The van der Waals surface area contributed by atoms with E-state index in [4.69, 9.17) is 0 Å². The van der Waals surface area contributed by atoms with Crippen molar-refractivity contribution in [3.63, 3.8) is 0 Å². The second kappa shape index (κ2) is 7.18. The van der Waals surface area contributed by atoms with E-state index in [0.29, 0.717) is 0 Å². The minimum absolute atomic E-state index is 0. The molecule has 0 radical (unpaired) electrons. The monoisotopic (exact) mass is 484 g/mol. The van der Waals surface area contributed by atoms with Crippen molar-refractivity contribution in [2.24, 2.45) is 0 Å². The van der Waals surface area contributed by atoms with Crippen molar-refractivity contribution >= 4 is 17.1 Å². The summed E-state index contributed by atoms with van der Waals surface area (Å²) in [6.45, 7) is 9.24. The molecule has 0 saturated carbocycles. The van der Waals surface area contributed by atoms with E-state index in [0.717, 1.165) is 0 Å². The lowest BCUT2D eigenvalue weighted by Gasteiger charge is -2.23. The number of hydrogen-bond acceptors (Lipinski definition) is 1. The van der Waals surface area contributed by atoms with Crippen LogP contribution in [0.15, 0.2) is 72.5 Å². The molecule has 2 heterocycles. The number of nitrogens with zero attached hydrogens (tertiary/aromatic N) is 2. The van der Waals surface area contributed by atoms with Crippen LogP contribution >= 0.6 is 0 Å². The number of fused-ring (bicyclic) bond motifs is 2. The number of likely N-dealkylation sites (N-methyl/N-ethyl adjacent to an activating group) is 1. The van der Waals surface area contributed by atoms with E-state index in [9.17, 15) is 0 Å². The highest BCUT2D eigenvalue weighted by Crippen LogP contribution is 2.46. The van der Waals surface area contributed by atoms with Gasteiger partial charge in [-0.1, -0.05) is 56.3 Å². The quantitative estimate of drug-likeness (QED) is 0.469. The number of allylic oxidation sites excluding steroid dienone is 4. The first kappa shape index (κ1) is 20.8. The van der Waals surface area contributed by atoms with Gasteiger partial charge in [-0.25, -0.2) is 0 Å². The van der Waals surface area contributed by atoms with Gasteiger partial charge >= 0.3 is 0 Å². The van der Waals surface area contributed by atoms with E-state index in [1.54, 1.807) is 0 Å². The van der Waals surface area contributed by atoms with Crippen LogP contribution in [0.4, 0.5) is 11.4 Å². The Hall–Kier alpha value is -1.88. The number of benzene rings is 2. The highest BCUT2D eigenvalue weighted by atomic mass is 127. The molecule has 0 N–H and O–H groups in total. The van der Waals surface area contributed by atoms with Gasteiger partial charge in [-0.3, -0.25) is 0 Å². The standard InChI is InChI=1S/C25H29N2.HI/c1-24(2)18-12-7-9-14-20(18)26(5)22(24)16-11-17-23-25(3,4)19-13-8-10-15-21(19)27(23)6;/h7-17H,1-6H3;1H/q+1;/p-1. The van der Waals surface area contributed by atoms with Crippen LogP contribution in [0.2, 0.25) is 0 Å². The van der Waals surface area contributed by atoms with Crippen LogP contribution in [0.1, 0.15) is 38.8 Å². The fourth-order valence-corrected chi connectivity index (χ4v) is 4.83. The molecule has 146 valence electrons. The van der Waals surface area contributed by atoms with Crippen LogP contribution in [0.3, 0.4) is 0 Å². The van der Waals surface area contributed by atoms with E-state index in [2.05, 4.69) is 118 Å². The molecule has 2 aliphatic rings. The minimum Gasteiger partial charge on any atom is -1.00 e. The number of hydrogen-bond donors (Lipinski definition) is 0. The highest BCUT2D eigenvalue weighted by molar-refractivity contribution is 6.03. The molecule has 0 unspecified atom stereocenters. The van der Waals surface area contributed by atoms with Crippen LogP contribution in [-0.2, 0) is 10.8 Å². The Morgan fingerprint density at radius 3 is 2.11 bits per heavy atom. The molecule has 2 aromatic rings. The molecule has 3 heteroatoms. The van der Waals surface area contributed by atoms with Gasteiger partial charge in [0.15, 0.2) is 5.71 Å². The van der Waals surface area contributed by atoms with Gasteiger partial charge in [0, 0.05) is 41.6 Å². The molecule has 0 atom stereocenters. The third kappa shape index (κ3) is 2.95. The maximum atomic E-state index is 2.32.